The first-order valence-corrected chi connectivity index (χ1v) is 7.60. The van der Waals surface area contributed by atoms with Gasteiger partial charge in [0, 0.05) is 0 Å². The Labute approximate surface area is 126 Å². The number of hydrogen-bond acceptors (Lipinski definition) is 0. The second-order valence-corrected chi connectivity index (χ2v) is 5.81. The molecule has 0 heteroatoms. The van der Waals surface area contributed by atoms with E-state index in [4.69, 9.17) is 0 Å². The van der Waals surface area contributed by atoms with Crippen LogP contribution in [-0.4, -0.2) is 0 Å². The van der Waals surface area contributed by atoms with Crippen LogP contribution in [0.2, 0.25) is 0 Å². The average Bonchev–Trinajstić information content (AvgIpc) is 3.33. The van der Waals surface area contributed by atoms with E-state index in [1.807, 2.05) is 0 Å². The van der Waals surface area contributed by atoms with Crippen molar-refractivity contribution in [1.82, 2.24) is 0 Å². The minimum absolute atomic E-state index is 0.607. The molecule has 1 saturated carbocycles. The van der Waals surface area contributed by atoms with E-state index in [1.54, 1.807) is 0 Å². The summed E-state index contributed by atoms with van der Waals surface area (Å²) in [5.41, 5.74) is 4.38. The molecule has 0 N–H and O–H groups in total. The van der Waals surface area contributed by atoms with E-state index >= 15 is 0 Å². The maximum absolute atomic E-state index is 2.27. The summed E-state index contributed by atoms with van der Waals surface area (Å²) in [7, 11) is 0. The van der Waals surface area contributed by atoms with Crippen LogP contribution in [-0.2, 0) is 0 Å². The number of rotatable bonds is 3. The lowest BCUT2D eigenvalue weighted by molar-refractivity contribution is 1.03. The van der Waals surface area contributed by atoms with Crippen molar-refractivity contribution in [1.29, 1.82) is 0 Å². The standard InChI is InChI=1S/C21H18/c1-4-10-16(11-5-1)19-20(17-12-6-2-7-13-17)21(19)18-14-8-3-9-15-18/h1-15,19-21H. The molecule has 0 aromatic heterocycles. The molecule has 0 heterocycles. The highest BCUT2D eigenvalue weighted by molar-refractivity contribution is 5.47. The summed E-state index contributed by atoms with van der Waals surface area (Å²) >= 11 is 0. The molecule has 0 amide bonds. The Hall–Kier alpha value is -2.34. The van der Waals surface area contributed by atoms with Crippen LogP contribution in [0, 0.1) is 0 Å². The van der Waals surface area contributed by atoms with Crippen LogP contribution in [0.3, 0.4) is 0 Å². The van der Waals surface area contributed by atoms with Gasteiger partial charge in [-0.3, -0.25) is 0 Å². The van der Waals surface area contributed by atoms with Gasteiger partial charge in [0.05, 0.1) is 0 Å². The van der Waals surface area contributed by atoms with Crippen molar-refractivity contribution in [2.45, 2.75) is 17.8 Å². The van der Waals surface area contributed by atoms with Crippen LogP contribution < -0.4 is 0 Å². The second-order valence-electron chi connectivity index (χ2n) is 5.81. The molecule has 4 rings (SSSR count). The molecule has 3 aromatic carbocycles. The molecule has 0 aliphatic heterocycles. The maximum atomic E-state index is 2.27. The smallest absolute Gasteiger partial charge is 0.00120 e. The van der Waals surface area contributed by atoms with Crippen LogP contribution in [0.4, 0.5) is 0 Å². The zero-order valence-electron chi connectivity index (χ0n) is 11.9. The van der Waals surface area contributed by atoms with Gasteiger partial charge in [0.25, 0.3) is 0 Å². The Bertz CT molecular complexity index is 591. The fraction of sp³-hybridized carbons (Fsp3) is 0.143. The Morgan fingerprint density at radius 3 is 0.810 bits per heavy atom. The summed E-state index contributed by atoms with van der Waals surface area (Å²) < 4.78 is 0. The molecular weight excluding hydrogens is 252 g/mol. The van der Waals surface area contributed by atoms with Gasteiger partial charge >= 0.3 is 0 Å². The highest BCUT2D eigenvalue weighted by Crippen LogP contribution is 2.65. The van der Waals surface area contributed by atoms with Crippen molar-refractivity contribution in [3.63, 3.8) is 0 Å². The number of hydrogen-bond donors (Lipinski definition) is 0. The van der Waals surface area contributed by atoms with E-state index in [2.05, 4.69) is 91.0 Å². The molecule has 1 aliphatic carbocycles. The second kappa shape index (κ2) is 5.21. The van der Waals surface area contributed by atoms with Gasteiger partial charge in [-0.2, -0.15) is 0 Å². The monoisotopic (exact) mass is 270 g/mol. The minimum atomic E-state index is 0.607. The Kier molecular flexibility index (Phi) is 3.08. The summed E-state index contributed by atoms with van der Waals surface area (Å²) in [5, 5.41) is 0. The quantitative estimate of drug-likeness (QED) is 0.601. The first-order chi connectivity index (χ1) is 10.4. The fourth-order valence-corrected chi connectivity index (χ4v) is 3.58. The molecule has 1 fully saturated rings. The lowest BCUT2D eigenvalue weighted by Gasteiger charge is -2.00. The summed E-state index contributed by atoms with van der Waals surface area (Å²) in [5.74, 6) is 1.82. The van der Waals surface area contributed by atoms with E-state index in [9.17, 15) is 0 Å². The van der Waals surface area contributed by atoms with Crippen LogP contribution in [0.5, 0.6) is 0 Å². The summed E-state index contributed by atoms with van der Waals surface area (Å²) in [4.78, 5) is 0. The Morgan fingerprint density at radius 2 is 0.571 bits per heavy atom. The first-order valence-electron chi connectivity index (χ1n) is 7.60. The van der Waals surface area contributed by atoms with E-state index < -0.39 is 0 Å². The Balaban J connectivity index is 1.74. The van der Waals surface area contributed by atoms with Gasteiger partial charge in [-0.15, -0.1) is 0 Å². The van der Waals surface area contributed by atoms with Crippen LogP contribution in [0.15, 0.2) is 91.0 Å². The minimum Gasteiger partial charge on any atom is -0.0622 e. The highest BCUT2D eigenvalue weighted by atomic mass is 14.5. The molecule has 0 radical (unpaired) electrons. The van der Waals surface area contributed by atoms with Gasteiger partial charge in [0.15, 0.2) is 0 Å². The van der Waals surface area contributed by atoms with Gasteiger partial charge in [-0.1, -0.05) is 91.0 Å². The lowest BCUT2D eigenvalue weighted by atomic mass is 10.0. The third-order valence-electron chi connectivity index (χ3n) is 4.57. The van der Waals surface area contributed by atoms with Crippen molar-refractivity contribution in [2.75, 3.05) is 0 Å². The maximum Gasteiger partial charge on any atom is -0.00120 e. The van der Waals surface area contributed by atoms with Crippen LogP contribution in [0.1, 0.15) is 34.4 Å². The predicted molar refractivity (Wildman–Crippen MR) is 87.5 cm³/mol. The van der Waals surface area contributed by atoms with Crippen LogP contribution in [0.25, 0.3) is 0 Å². The van der Waals surface area contributed by atoms with Gasteiger partial charge in [0.2, 0.25) is 0 Å². The van der Waals surface area contributed by atoms with E-state index in [-0.39, 0.29) is 0 Å². The number of benzene rings is 3. The lowest BCUT2D eigenvalue weighted by Crippen LogP contribution is -1.82. The van der Waals surface area contributed by atoms with E-state index in [0.717, 1.165) is 0 Å². The molecule has 1 aliphatic rings. The van der Waals surface area contributed by atoms with E-state index in [0.29, 0.717) is 17.8 Å². The predicted octanol–water partition coefficient (Wildman–Crippen LogP) is 5.35. The highest BCUT2D eigenvalue weighted by Gasteiger charge is 2.52. The SMILES string of the molecule is c1ccc(C2C(c3ccccc3)C2c2ccccc2)cc1. The van der Waals surface area contributed by atoms with Gasteiger partial charge < -0.3 is 0 Å². The van der Waals surface area contributed by atoms with Gasteiger partial charge in [-0.05, 0) is 34.4 Å². The first kappa shape index (κ1) is 12.4. The molecule has 0 unspecified atom stereocenters. The molecule has 0 saturated heterocycles. The van der Waals surface area contributed by atoms with Crippen molar-refractivity contribution < 1.29 is 0 Å². The largest absolute Gasteiger partial charge is 0.0622 e. The van der Waals surface area contributed by atoms with Gasteiger partial charge in [-0.25, -0.2) is 0 Å². The van der Waals surface area contributed by atoms with Crippen molar-refractivity contribution in [3.05, 3.63) is 108 Å². The van der Waals surface area contributed by atoms with Crippen molar-refractivity contribution in [2.24, 2.45) is 0 Å². The van der Waals surface area contributed by atoms with Gasteiger partial charge in [0.1, 0.15) is 0 Å². The average molecular weight is 270 g/mol. The molecule has 0 bridgehead atoms. The molecule has 0 nitrogen and oxygen atoms in total. The van der Waals surface area contributed by atoms with Crippen molar-refractivity contribution >= 4 is 0 Å². The molecular formula is C21H18. The normalized spacial score (nSPS) is 23.7. The zero-order valence-corrected chi connectivity index (χ0v) is 11.9. The summed E-state index contributed by atoms with van der Waals surface area (Å²) in [6, 6.07) is 32.8. The fourth-order valence-electron chi connectivity index (χ4n) is 3.58. The third-order valence-corrected chi connectivity index (χ3v) is 4.57. The molecule has 0 atom stereocenters. The summed E-state index contributed by atoms with van der Waals surface area (Å²) in [6.07, 6.45) is 0. The topological polar surface area (TPSA) is 0 Å². The van der Waals surface area contributed by atoms with Crippen molar-refractivity contribution in [3.8, 4) is 0 Å². The Morgan fingerprint density at radius 1 is 0.333 bits per heavy atom. The summed E-state index contributed by atoms with van der Waals surface area (Å²) in [6.45, 7) is 0. The molecule has 102 valence electrons. The molecule has 21 heavy (non-hydrogen) atoms. The zero-order chi connectivity index (χ0) is 14.1. The third kappa shape index (κ3) is 2.27. The van der Waals surface area contributed by atoms with Crippen LogP contribution >= 0.6 is 0 Å². The molecule has 3 aromatic rings. The molecule has 0 spiro atoms. The van der Waals surface area contributed by atoms with E-state index in [1.165, 1.54) is 16.7 Å².